The standard InChI is InChI=1S/C13H13BN4O2/c1-7-10-12(19)17(14-16(2)3)13(20)11-8-4-5-9(15-7)18(10,11)6-8/h4-6,11H,1-3H3/q+1. The summed E-state index contributed by atoms with van der Waals surface area (Å²) in [5.41, 5.74) is 2.25. The average molecular weight is 268 g/mol. The molecule has 5 heterocycles. The van der Waals surface area contributed by atoms with Crippen molar-refractivity contribution in [3.05, 3.63) is 35.3 Å². The van der Waals surface area contributed by atoms with Crippen LogP contribution < -0.4 is 0 Å². The van der Waals surface area contributed by atoms with Gasteiger partial charge in [0, 0.05) is 6.08 Å². The summed E-state index contributed by atoms with van der Waals surface area (Å²) in [6.45, 7) is 1.83. The van der Waals surface area contributed by atoms with Gasteiger partial charge in [0.2, 0.25) is 17.6 Å². The van der Waals surface area contributed by atoms with Gasteiger partial charge < -0.3 is 9.62 Å². The molecule has 6 nitrogen and oxygen atoms in total. The maximum Gasteiger partial charge on any atom is 0.363 e. The van der Waals surface area contributed by atoms with Crippen molar-refractivity contribution in [3.63, 3.8) is 0 Å². The van der Waals surface area contributed by atoms with Crippen LogP contribution in [-0.4, -0.2) is 59.4 Å². The molecular formula is C13H13BN4O2+. The second-order valence-corrected chi connectivity index (χ2v) is 5.64. The molecule has 0 aromatic carbocycles. The van der Waals surface area contributed by atoms with Crippen molar-refractivity contribution in [2.75, 3.05) is 14.1 Å². The van der Waals surface area contributed by atoms with E-state index >= 15 is 0 Å². The lowest BCUT2D eigenvalue weighted by Gasteiger charge is -2.51. The minimum Gasteiger partial charge on any atom is -0.332 e. The van der Waals surface area contributed by atoms with Crippen LogP contribution >= 0.6 is 0 Å². The summed E-state index contributed by atoms with van der Waals surface area (Å²) in [6, 6.07) is -0.347. The van der Waals surface area contributed by atoms with E-state index in [9.17, 15) is 9.59 Å². The highest BCUT2D eigenvalue weighted by Crippen LogP contribution is 2.50. The SMILES string of the molecule is CC1=C2C(=O)N([B]N(C)C)C(=O)C3C4=C[N+]23C(=N1)C=C4. The zero-order chi connectivity index (χ0) is 14.2. The molecule has 5 aliphatic heterocycles. The molecule has 2 amide bonds. The third kappa shape index (κ3) is 1.07. The maximum absolute atomic E-state index is 12.7. The van der Waals surface area contributed by atoms with Gasteiger partial charge >= 0.3 is 13.5 Å². The monoisotopic (exact) mass is 268 g/mol. The van der Waals surface area contributed by atoms with Crippen molar-refractivity contribution < 1.29 is 14.1 Å². The molecule has 20 heavy (non-hydrogen) atoms. The first-order chi connectivity index (χ1) is 9.46. The van der Waals surface area contributed by atoms with E-state index in [1.807, 2.05) is 25.3 Å². The number of amidine groups is 1. The Morgan fingerprint density at radius 1 is 1.35 bits per heavy atom. The number of carbonyl (C=O) groups excluding carboxylic acids is 2. The van der Waals surface area contributed by atoms with E-state index in [0.29, 0.717) is 11.4 Å². The minimum atomic E-state index is -0.347. The van der Waals surface area contributed by atoms with Crippen LogP contribution in [0.25, 0.3) is 0 Å². The Balaban J connectivity index is 1.89. The molecule has 0 saturated carbocycles. The number of hydrogen-bond acceptors (Lipinski definition) is 4. The number of aliphatic imine (C=N–C) groups is 1. The smallest absolute Gasteiger partial charge is 0.332 e. The Hall–Kier alpha value is -1.99. The lowest BCUT2D eigenvalue weighted by molar-refractivity contribution is -0.777. The van der Waals surface area contributed by atoms with Crippen molar-refractivity contribution in [2.24, 2.45) is 4.99 Å². The highest BCUT2D eigenvalue weighted by Gasteiger charge is 2.68. The summed E-state index contributed by atoms with van der Waals surface area (Å²) in [7, 11) is 5.12. The number of imide groups is 1. The van der Waals surface area contributed by atoms with E-state index in [2.05, 4.69) is 4.99 Å². The fraction of sp³-hybridized carbons (Fsp3) is 0.308. The van der Waals surface area contributed by atoms with Gasteiger partial charge in [0.25, 0.3) is 5.91 Å². The van der Waals surface area contributed by atoms with Crippen LogP contribution in [0.1, 0.15) is 6.92 Å². The summed E-state index contributed by atoms with van der Waals surface area (Å²) >= 11 is 0. The fourth-order valence-corrected chi connectivity index (χ4v) is 3.40. The van der Waals surface area contributed by atoms with Crippen molar-refractivity contribution in [3.8, 4) is 0 Å². The van der Waals surface area contributed by atoms with E-state index in [-0.39, 0.29) is 22.3 Å². The molecule has 0 aliphatic carbocycles. The maximum atomic E-state index is 12.7. The van der Waals surface area contributed by atoms with Gasteiger partial charge in [-0.25, -0.2) is 0 Å². The van der Waals surface area contributed by atoms with Crippen LogP contribution in [-0.2, 0) is 9.59 Å². The molecule has 7 heteroatoms. The fourth-order valence-electron chi connectivity index (χ4n) is 3.40. The van der Waals surface area contributed by atoms with Gasteiger partial charge in [0.15, 0.2) is 0 Å². The van der Waals surface area contributed by atoms with Gasteiger partial charge in [-0.1, -0.05) is 0 Å². The number of rotatable bonds is 2. The number of nitrogens with zero attached hydrogens (tertiary/aromatic N) is 4. The number of carbonyl (C=O) groups is 2. The molecule has 1 radical (unpaired) electrons. The average Bonchev–Trinajstić information content (AvgIpc) is 2.67. The van der Waals surface area contributed by atoms with Crippen LogP contribution in [0.4, 0.5) is 0 Å². The van der Waals surface area contributed by atoms with Gasteiger partial charge in [-0.15, -0.1) is 0 Å². The van der Waals surface area contributed by atoms with Gasteiger partial charge in [0.05, 0.1) is 5.57 Å². The van der Waals surface area contributed by atoms with E-state index in [0.717, 1.165) is 11.4 Å². The topological polar surface area (TPSA) is 53.0 Å². The lowest BCUT2D eigenvalue weighted by Crippen LogP contribution is -2.74. The predicted molar refractivity (Wildman–Crippen MR) is 72.7 cm³/mol. The van der Waals surface area contributed by atoms with E-state index < -0.39 is 0 Å². The molecule has 5 rings (SSSR count). The van der Waals surface area contributed by atoms with Crippen LogP contribution in [0, 0.1) is 0 Å². The summed E-state index contributed by atoms with van der Waals surface area (Å²) in [6.07, 6.45) is 5.77. The van der Waals surface area contributed by atoms with Crippen LogP contribution in [0.2, 0.25) is 0 Å². The van der Waals surface area contributed by atoms with Gasteiger partial charge in [0.1, 0.15) is 11.9 Å². The molecule has 2 unspecified atom stereocenters. The van der Waals surface area contributed by atoms with Crippen LogP contribution in [0.15, 0.2) is 40.3 Å². The molecule has 0 aromatic rings. The molecular weight excluding hydrogens is 255 g/mol. The molecule has 1 spiro atoms. The van der Waals surface area contributed by atoms with Crippen molar-refractivity contribution >= 4 is 25.2 Å². The van der Waals surface area contributed by atoms with Crippen molar-refractivity contribution in [1.29, 1.82) is 0 Å². The highest BCUT2D eigenvalue weighted by atomic mass is 16.2. The minimum absolute atomic E-state index is 0.184. The van der Waals surface area contributed by atoms with Crippen LogP contribution in [0.3, 0.4) is 0 Å². The summed E-state index contributed by atoms with van der Waals surface area (Å²) in [5, 5.41) is 0. The Morgan fingerprint density at radius 2 is 2.10 bits per heavy atom. The Labute approximate surface area is 117 Å². The first-order valence-corrected chi connectivity index (χ1v) is 6.45. The molecule has 0 aromatic heterocycles. The normalized spacial score (nSPS) is 33.2. The predicted octanol–water partition coefficient (Wildman–Crippen LogP) is -0.253. The van der Waals surface area contributed by atoms with Crippen LogP contribution in [0.5, 0.6) is 0 Å². The Morgan fingerprint density at radius 3 is 2.80 bits per heavy atom. The number of allylic oxidation sites excluding steroid dienone is 1. The van der Waals surface area contributed by atoms with E-state index in [1.54, 1.807) is 18.9 Å². The second kappa shape index (κ2) is 3.36. The Bertz CT molecular complexity index is 703. The quantitative estimate of drug-likeness (QED) is 0.394. The molecule has 1 fully saturated rings. The number of amides is 2. The zero-order valence-electron chi connectivity index (χ0n) is 11.5. The first kappa shape index (κ1) is 11.8. The van der Waals surface area contributed by atoms with Gasteiger partial charge in [-0.3, -0.25) is 9.59 Å². The van der Waals surface area contributed by atoms with Gasteiger partial charge in [-0.2, -0.15) is 9.48 Å². The summed E-state index contributed by atoms with van der Waals surface area (Å²) in [4.78, 5) is 32.7. The number of piperazine rings is 1. The molecule has 99 valence electrons. The number of hydrogen-bond donors (Lipinski definition) is 0. The largest absolute Gasteiger partial charge is 0.363 e. The second-order valence-electron chi connectivity index (χ2n) is 5.64. The van der Waals surface area contributed by atoms with E-state index in [4.69, 9.17) is 0 Å². The van der Waals surface area contributed by atoms with Crippen molar-refractivity contribution in [2.45, 2.75) is 13.0 Å². The summed E-state index contributed by atoms with van der Waals surface area (Å²) in [5.74, 6) is 0.308. The van der Waals surface area contributed by atoms with E-state index in [1.165, 1.54) is 12.4 Å². The Kier molecular flexibility index (Phi) is 1.99. The lowest BCUT2D eigenvalue weighted by atomic mass is 9.83. The third-order valence-electron chi connectivity index (χ3n) is 4.11. The van der Waals surface area contributed by atoms with Crippen molar-refractivity contribution in [1.82, 2.24) is 9.62 Å². The molecule has 5 aliphatic rings. The first-order valence-electron chi connectivity index (χ1n) is 6.45. The summed E-state index contributed by atoms with van der Waals surface area (Å²) < 4.78 is 0.201. The molecule has 2 bridgehead atoms. The zero-order valence-corrected chi connectivity index (χ0v) is 11.5. The third-order valence-corrected chi connectivity index (χ3v) is 4.11. The molecule has 1 saturated heterocycles. The highest BCUT2D eigenvalue weighted by molar-refractivity contribution is 6.42. The van der Waals surface area contributed by atoms with Gasteiger partial charge in [-0.05, 0) is 27.1 Å². The molecule has 0 N–H and O–H groups in total. The number of quaternary nitrogens is 1. The molecule has 2 atom stereocenters.